The van der Waals surface area contributed by atoms with Crippen LogP contribution in [0.3, 0.4) is 0 Å². The van der Waals surface area contributed by atoms with Crippen LogP contribution >= 0.6 is 0 Å². The zero-order valence-electron chi connectivity index (χ0n) is 11.6. The summed E-state index contributed by atoms with van der Waals surface area (Å²) in [4.78, 5) is 16.2. The van der Waals surface area contributed by atoms with Crippen LogP contribution < -0.4 is 15.8 Å². The molecule has 0 fully saturated rings. The Labute approximate surface area is 117 Å². The lowest BCUT2D eigenvalue weighted by Gasteiger charge is -2.14. The summed E-state index contributed by atoms with van der Waals surface area (Å²) in [6.07, 6.45) is 4.39. The number of ether oxygens (including phenoxy) is 1. The molecule has 0 radical (unpaired) electrons. The van der Waals surface area contributed by atoms with Crippen LogP contribution in [0.4, 0.5) is 11.9 Å². The van der Waals surface area contributed by atoms with E-state index in [2.05, 4.69) is 25.3 Å². The molecule has 0 aliphatic heterocycles. The zero-order chi connectivity index (χ0) is 14.4. The van der Waals surface area contributed by atoms with Gasteiger partial charge < -0.3 is 15.8 Å². The molecule has 0 aliphatic carbocycles. The summed E-state index contributed by atoms with van der Waals surface area (Å²) >= 11 is 0. The quantitative estimate of drug-likeness (QED) is 0.828. The highest BCUT2D eigenvalue weighted by molar-refractivity contribution is 5.35. The first kappa shape index (κ1) is 14.0. The molecule has 0 saturated carbocycles. The third-order valence-corrected chi connectivity index (χ3v) is 2.60. The molecule has 0 spiro atoms. The molecule has 106 valence electrons. The highest BCUT2D eigenvalue weighted by atomic mass is 16.5. The molecule has 2 aromatic rings. The third-order valence-electron chi connectivity index (χ3n) is 2.60. The van der Waals surface area contributed by atoms with E-state index in [9.17, 15) is 0 Å². The molecule has 0 aromatic carbocycles. The molecule has 1 atom stereocenters. The van der Waals surface area contributed by atoms with Crippen LogP contribution in [0.15, 0.2) is 24.5 Å². The maximum absolute atomic E-state index is 5.65. The van der Waals surface area contributed by atoms with E-state index in [1.807, 2.05) is 26.0 Å². The molecule has 2 aromatic heterocycles. The van der Waals surface area contributed by atoms with E-state index >= 15 is 0 Å². The number of anilines is 2. The molecular formula is C13H18N6O. The van der Waals surface area contributed by atoms with Crippen LogP contribution in [0.25, 0.3) is 0 Å². The van der Waals surface area contributed by atoms with Crippen LogP contribution in [0.1, 0.15) is 31.9 Å². The Bertz CT molecular complexity index is 548. The van der Waals surface area contributed by atoms with E-state index in [-0.39, 0.29) is 18.0 Å². The van der Waals surface area contributed by atoms with Crippen molar-refractivity contribution in [3.8, 4) is 6.01 Å². The largest absolute Gasteiger partial charge is 0.463 e. The average molecular weight is 274 g/mol. The minimum absolute atomic E-state index is 0.00419. The van der Waals surface area contributed by atoms with Crippen LogP contribution in [-0.2, 0) is 0 Å². The highest BCUT2D eigenvalue weighted by Gasteiger charge is 2.10. The Morgan fingerprint density at radius 2 is 2.20 bits per heavy atom. The Morgan fingerprint density at radius 3 is 2.90 bits per heavy atom. The van der Waals surface area contributed by atoms with Gasteiger partial charge in [-0.25, -0.2) is 0 Å². The topological polar surface area (TPSA) is 98.8 Å². The molecule has 7 nitrogen and oxygen atoms in total. The number of rotatable bonds is 6. The van der Waals surface area contributed by atoms with Gasteiger partial charge in [0.25, 0.3) is 0 Å². The van der Waals surface area contributed by atoms with Crippen molar-refractivity contribution in [3.05, 3.63) is 30.1 Å². The lowest BCUT2D eigenvalue weighted by Crippen LogP contribution is -2.12. The van der Waals surface area contributed by atoms with Crippen molar-refractivity contribution in [1.82, 2.24) is 19.9 Å². The van der Waals surface area contributed by atoms with E-state index in [0.717, 1.165) is 12.0 Å². The summed E-state index contributed by atoms with van der Waals surface area (Å²) in [6.45, 7) is 4.54. The van der Waals surface area contributed by atoms with E-state index < -0.39 is 0 Å². The number of aromatic nitrogens is 4. The van der Waals surface area contributed by atoms with E-state index in [1.165, 1.54) is 0 Å². The van der Waals surface area contributed by atoms with E-state index in [0.29, 0.717) is 12.6 Å². The molecule has 2 heterocycles. The van der Waals surface area contributed by atoms with Crippen molar-refractivity contribution in [1.29, 1.82) is 0 Å². The van der Waals surface area contributed by atoms with Crippen LogP contribution in [0.5, 0.6) is 6.01 Å². The van der Waals surface area contributed by atoms with Crippen molar-refractivity contribution >= 4 is 11.9 Å². The number of hydrogen-bond acceptors (Lipinski definition) is 7. The van der Waals surface area contributed by atoms with Crippen LogP contribution in [0.2, 0.25) is 0 Å². The summed E-state index contributed by atoms with van der Waals surface area (Å²) in [6, 6.07) is 4.10. The fourth-order valence-electron chi connectivity index (χ4n) is 1.60. The van der Waals surface area contributed by atoms with Gasteiger partial charge in [-0.2, -0.15) is 15.0 Å². The van der Waals surface area contributed by atoms with Crippen molar-refractivity contribution in [2.75, 3.05) is 17.7 Å². The van der Waals surface area contributed by atoms with Gasteiger partial charge in [-0.15, -0.1) is 0 Å². The van der Waals surface area contributed by atoms with Gasteiger partial charge in [0.2, 0.25) is 11.9 Å². The zero-order valence-corrected chi connectivity index (χ0v) is 11.6. The molecule has 0 bridgehead atoms. The number of nitrogen functional groups attached to an aromatic ring is 1. The third kappa shape index (κ3) is 3.78. The molecule has 0 saturated heterocycles. The van der Waals surface area contributed by atoms with Gasteiger partial charge in [-0.05, 0) is 25.0 Å². The SMILES string of the molecule is CCCOc1nc(N)nc(NC(C)c2cccnc2)n1. The van der Waals surface area contributed by atoms with Crippen molar-refractivity contribution in [3.63, 3.8) is 0 Å². The summed E-state index contributed by atoms with van der Waals surface area (Å²) in [7, 11) is 0. The number of hydrogen-bond donors (Lipinski definition) is 2. The molecule has 0 aliphatic rings. The first-order valence-electron chi connectivity index (χ1n) is 6.50. The highest BCUT2D eigenvalue weighted by Crippen LogP contribution is 2.17. The fraction of sp³-hybridized carbons (Fsp3) is 0.385. The fourth-order valence-corrected chi connectivity index (χ4v) is 1.60. The molecule has 20 heavy (non-hydrogen) atoms. The van der Waals surface area contributed by atoms with Crippen molar-refractivity contribution < 1.29 is 4.74 Å². The minimum Gasteiger partial charge on any atom is -0.463 e. The summed E-state index contributed by atoms with van der Waals surface area (Å²) in [5.74, 6) is 0.520. The van der Waals surface area contributed by atoms with Gasteiger partial charge in [0.05, 0.1) is 12.6 Å². The maximum Gasteiger partial charge on any atom is 0.323 e. The molecule has 0 amide bonds. The standard InChI is InChI=1S/C13H18N6O/c1-3-7-20-13-18-11(14)17-12(19-13)16-9(2)10-5-4-6-15-8-10/h4-6,8-9H,3,7H2,1-2H3,(H3,14,16,17,18,19). The molecule has 7 heteroatoms. The Kier molecular flexibility index (Phi) is 4.65. The Balaban J connectivity index is 2.10. The van der Waals surface area contributed by atoms with Gasteiger partial charge in [-0.3, -0.25) is 4.98 Å². The average Bonchev–Trinajstić information content (AvgIpc) is 2.45. The van der Waals surface area contributed by atoms with Crippen molar-refractivity contribution in [2.24, 2.45) is 0 Å². The Hall–Kier alpha value is -2.44. The lowest BCUT2D eigenvalue weighted by atomic mass is 10.1. The summed E-state index contributed by atoms with van der Waals surface area (Å²) in [5.41, 5.74) is 6.68. The van der Waals surface area contributed by atoms with Gasteiger partial charge in [-0.1, -0.05) is 13.0 Å². The van der Waals surface area contributed by atoms with Gasteiger partial charge in [0.1, 0.15) is 0 Å². The minimum atomic E-state index is 0.00419. The number of nitrogens with two attached hydrogens (primary N) is 1. The van der Waals surface area contributed by atoms with Gasteiger partial charge in [0, 0.05) is 12.4 Å². The predicted octanol–water partition coefficient (Wildman–Crippen LogP) is 1.81. The van der Waals surface area contributed by atoms with Crippen LogP contribution in [-0.4, -0.2) is 26.5 Å². The van der Waals surface area contributed by atoms with Crippen LogP contribution in [0, 0.1) is 0 Å². The monoisotopic (exact) mass is 274 g/mol. The second-order valence-electron chi connectivity index (χ2n) is 4.30. The van der Waals surface area contributed by atoms with Crippen molar-refractivity contribution in [2.45, 2.75) is 26.3 Å². The predicted molar refractivity (Wildman–Crippen MR) is 76.3 cm³/mol. The molecule has 1 unspecified atom stereocenters. The lowest BCUT2D eigenvalue weighted by molar-refractivity contribution is 0.292. The van der Waals surface area contributed by atoms with E-state index in [4.69, 9.17) is 10.5 Å². The maximum atomic E-state index is 5.65. The number of nitrogens with one attached hydrogen (secondary N) is 1. The smallest absolute Gasteiger partial charge is 0.323 e. The summed E-state index contributed by atoms with van der Waals surface area (Å²) in [5, 5.41) is 3.15. The first-order chi connectivity index (χ1) is 9.69. The molecule has 2 rings (SSSR count). The molecular weight excluding hydrogens is 256 g/mol. The number of nitrogens with zero attached hydrogens (tertiary/aromatic N) is 4. The second kappa shape index (κ2) is 6.65. The summed E-state index contributed by atoms with van der Waals surface area (Å²) < 4.78 is 5.37. The second-order valence-corrected chi connectivity index (χ2v) is 4.30. The van der Waals surface area contributed by atoms with Gasteiger partial charge >= 0.3 is 6.01 Å². The van der Waals surface area contributed by atoms with Gasteiger partial charge in [0.15, 0.2) is 0 Å². The number of pyridine rings is 1. The molecule has 3 N–H and O–H groups in total. The van der Waals surface area contributed by atoms with E-state index in [1.54, 1.807) is 12.4 Å². The first-order valence-corrected chi connectivity index (χ1v) is 6.50. The normalized spacial score (nSPS) is 11.9. The Morgan fingerprint density at radius 1 is 1.35 bits per heavy atom.